The van der Waals surface area contributed by atoms with Crippen molar-refractivity contribution in [3.05, 3.63) is 99.9 Å². The van der Waals surface area contributed by atoms with Crippen LogP contribution in [0.4, 0.5) is 4.79 Å². The van der Waals surface area contributed by atoms with E-state index in [2.05, 4.69) is 21.2 Å². The molecule has 5 nitrogen and oxygen atoms in total. The Bertz CT molecular complexity index is 1320. The summed E-state index contributed by atoms with van der Waals surface area (Å²) in [6, 6.07) is 26.9. The number of amides is 1. The average Bonchev–Trinajstić information content (AvgIpc) is 3.40. The molecular formula is C25H18BrN3O2S. The number of phenols is 1. The molecule has 2 heterocycles. The molecule has 7 heteroatoms. The van der Waals surface area contributed by atoms with E-state index in [0.29, 0.717) is 11.3 Å². The van der Waals surface area contributed by atoms with Crippen LogP contribution in [0.5, 0.6) is 5.75 Å². The molecule has 1 unspecified atom stereocenters. The van der Waals surface area contributed by atoms with Gasteiger partial charge in [0.05, 0.1) is 11.4 Å². The van der Waals surface area contributed by atoms with E-state index < -0.39 is 6.17 Å². The smallest absolute Gasteiger partial charge is 0.285 e. The predicted octanol–water partition coefficient (Wildman–Crippen LogP) is 6.68. The number of halogens is 1. The van der Waals surface area contributed by atoms with Crippen LogP contribution in [0.15, 0.2) is 94.3 Å². The van der Waals surface area contributed by atoms with Gasteiger partial charge in [-0.2, -0.15) is 5.10 Å². The molecule has 1 atom stereocenters. The highest BCUT2D eigenvalue weighted by molar-refractivity contribution is 9.10. The van der Waals surface area contributed by atoms with Crippen molar-refractivity contribution in [2.75, 3.05) is 0 Å². The second kappa shape index (κ2) is 8.68. The van der Waals surface area contributed by atoms with Gasteiger partial charge in [-0.05, 0) is 47.7 Å². The van der Waals surface area contributed by atoms with Crippen molar-refractivity contribution < 1.29 is 9.90 Å². The quantitative estimate of drug-likeness (QED) is 0.325. The third-order valence-electron chi connectivity index (χ3n) is 5.13. The first-order valence-corrected chi connectivity index (χ1v) is 11.6. The third-order valence-corrected chi connectivity index (χ3v) is 6.50. The van der Waals surface area contributed by atoms with E-state index in [1.807, 2.05) is 78.9 Å². The van der Waals surface area contributed by atoms with Gasteiger partial charge in [0, 0.05) is 20.5 Å². The van der Waals surface area contributed by atoms with Crippen LogP contribution in [0.3, 0.4) is 0 Å². The maximum Gasteiger partial charge on any atom is 0.285 e. The van der Waals surface area contributed by atoms with Gasteiger partial charge in [-0.15, -0.1) is 0 Å². The summed E-state index contributed by atoms with van der Waals surface area (Å²) in [5, 5.41) is 18.3. The van der Waals surface area contributed by atoms with Gasteiger partial charge in [0.15, 0.2) is 6.17 Å². The molecule has 1 aliphatic rings. The minimum absolute atomic E-state index is 0.138. The van der Waals surface area contributed by atoms with Crippen LogP contribution >= 0.6 is 27.7 Å². The molecule has 0 radical (unpaired) electrons. The normalized spacial score (nSPS) is 17.0. The molecule has 4 aromatic rings. The van der Waals surface area contributed by atoms with Gasteiger partial charge in [-0.25, -0.2) is 4.68 Å². The van der Waals surface area contributed by atoms with Crippen LogP contribution in [0.1, 0.15) is 11.7 Å². The SMILES string of the molecule is O=C1NC(n2nc(-c3ccccc3)cc2-c2cc(Br)ccc2O)C(=Cc2ccccc2)S1. The Labute approximate surface area is 197 Å². The zero-order valence-corrected chi connectivity index (χ0v) is 19.2. The van der Waals surface area contributed by atoms with E-state index in [9.17, 15) is 9.90 Å². The molecule has 0 aliphatic carbocycles. The fourth-order valence-electron chi connectivity index (χ4n) is 3.63. The van der Waals surface area contributed by atoms with Crippen molar-refractivity contribution in [3.8, 4) is 28.3 Å². The Kier molecular flexibility index (Phi) is 5.59. The molecule has 0 saturated carbocycles. The van der Waals surface area contributed by atoms with Crippen LogP contribution in [-0.2, 0) is 0 Å². The summed E-state index contributed by atoms with van der Waals surface area (Å²) in [7, 11) is 0. The molecule has 1 aromatic heterocycles. The molecular weight excluding hydrogens is 486 g/mol. The molecule has 1 aliphatic heterocycles. The van der Waals surface area contributed by atoms with Crippen molar-refractivity contribution >= 4 is 39.0 Å². The number of phenolic OH excluding ortho intramolecular Hbond substituents is 1. The molecule has 2 N–H and O–H groups in total. The molecule has 1 amide bonds. The molecule has 3 aromatic carbocycles. The number of aromatic hydroxyl groups is 1. The molecule has 158 valence electrons. The van der Waals surface area contributed by atoms with E-state index in [-0.39, 0.29) is 11.0 Å². The number of hydrogen-bond donors (Lipinski definition) is 2. The summed E-state index contributed by atoms with van der Waals surface area (Å²) < 4.78 is 2.61. The van der Waals surface area contributed by atoms with Crippen LogP contribution in [0.2, 0.25) is 0 Å². The number of thioether (sulfide) groups is 1. The number of aromatic nitrogens is 2. The van der Waals surface area contributed by atoms with Gasteiger partial charge in [0.1, 0.15) is 5.75 Å². The second-order valence-corrected chi connectivity index (χ2v) is 9.24. The van der Waals surface area contributed by atoms with E-state index in [0.717, 1.165) is 38.0 Å². The number of rotatable bonds is 4. The van der Waals surface area contributed by atoms with Gasteiger partial charge in [-0.1, -0.05) is 76.6 Å². The number of nitrogens with zero attached hydrogens (tertiary/aromatic N) is 2. The fourth-order valence-corrected chi connectivity index (χ4v) is 4.85. The van der Waals surface area contributed by atoms with Crippen molar-refractivity contribution in [2.24, 2.45) is 0 Å². The number of benzene rings is 3. The first-order valence-electron chi connectivity index (χ1n) is 9.97. The zero-order valence-electron chi connectivity index (χ0n) is 16.8. The van der Waals surface area contributed by atoms with Gasteiger partial charge < -0.3 is 10.4 Å². The standard InChI is InChI=1S/C25H18BrN3O2S/c26-18-11-12-22(30)19(14-18)21-15-20(17-9-5-2-6-10-17)28-29(21)24-23(32-25(31)27-24)13-16-7-3-1-4-8-16/h1-15,24,30H,(H,27,31). The monoisotopic (exact) mass is 503 g/mol. The zero-order chi connectivity index (χ0) is 22.1. The van der Waals surface area contributed by atoms with E-state index in [4.69, 9.17) is 5.10 Å². The van der Waals surface area contributed by atoms with Crippen LogP contribution in [0, 0.1) is 0 Å². The first kappa shape index (κ1) is 20.6. The Morgan fingerprint density at radius 1 is 1.00 bits per heavy atom. The highest BCUT2D eigenvalue weighted by Gasteiger charge is 2.32. The predicted molar refractivity (Wildman–Crippen MR) is 132 cm³/mol. The molecule has 32 heavy (non-hydrogen) atoms. The summed E-state index contributed by atoms with van der Waals surface area (Å²) >= 11 is 4.65. The molecule has 1 saturated heterocycles. The lowest BCUT2D eigenvalue weighted by molar-refractivity contribution is 0.257. The summed E-state index contributed by atoms with van der Waals surface area (Å²) in [4.78, 5) is 13.2. The van der Waals surface area contributed by atoms with Crippen LogP contribution < -0.4 is 5.32 Å². The minimum atomic E-state index is -0.487. The van der Waals surface area contributed by atoms with Crippen molar-refractivity contribution in [3.63, 3.8) is 0 Å². The summed E-state index contributed by atoms with van der Waals surface area (Å²) in [5.74, 6) is 0.138. The van der Waals surface area contributed by atoms with E-state index in [1.54, 1.807) is 16.8 Å². The van der Waals surface area contributed by atoms with E-state index >= 15 is 0 Å². The molecule has 0 spiro atoms. The Hall–Kier alpha value is -3.29. The highest BCUT2D eigenvalue weighted by atomic mass is 79.9. The number of carbonyl (C=O) groups is 1. The molecule has 1 fully saturated rings. The first-order chi connectivity index (χ1) is 15.6. The number of hydrogen-bond acceptors (Lipinski definition) is 4. The van der Waals surface area contributed by atoms with Crippen LogP contribution in [0.25, 0.3) is 28.6 Å². The minimum Gasteiger partial charge on any atom is -0.507 e. The fraction of sp³-hybridized carbons (Fsp3) is 0.0400. The van der Waals surface area contributed by atoms with Gasteiger partial charge in [0.25, 0.3) is 5.24 Å². The lowest BCUT2D eigenvalue weighted by Crippen LogP contribution is -2.25. The third kappa shape index (κ3) is 4.09. The maximum absolute atomic E-state index is 12.4. The maximum atomic E-state index is 12.4. The number of nitrogens with one attached hydrogen (secondary N) is 1. The summed E-state index contributed by atoms with van der Waals surface area (Å²) in [6.45, 7) is 0. The topological polar surface area (TPSA) is 67.2 Å². The highest BCUT2D eigenvalue weighted by Crippen LogP contribution is 2.41. The van der Waals surface area contributed by atoms with Gasteiger partial charge in [0.2, 0.25) is 0 Å². The van der Waals surface area contributed by atoms with Crippen molar-refractivity contribution in [1.29, 1.82) is 0 Å². The summed E-state index contributed by atoms with van der Waals surface area (Å²) in [6.07, 6.45) is 1.50. The Morgan fingerprint density at radius 2 is 1.72 bits per heavy atom. The lowest BCUT2D eigenvalue weighted by Gasteiger charge is -2.16. The second-order valence-electron chi connectivity index (χ2n) is 7.28. The molecule has 0 bridgehead atoms. The lowest BCUT2D eigenvalue weighted by atomic mass is 10.1. The van der Waals surface area contributed by atoms with Crippen molar-refractivity contribution in [2.45, 2.75) is 6.17 Å². The largest absolute Gasteiger partial charge is 0.507 e. The van der Waals surface area contributed by atoms with E-state index in [1.165, 1.54) is 0 Å². The average molecular weight is 504 g/mol. The van der Waals surface area contributed by atoms with Gasteiger partial charge in [-0.3, -0.25) is 4.79 Å². The number of carbonyl (C=O) groups excluding carboxylic acids is 1. The molecule has 5 rings (SSSR count). The van der Waals surface area contributed by atoms with Crippen LogP contribution in [-0.4, -0.2) is 20.1 Å². The van der Waals surface area contributed by atoms with Gasteiger partial charge >= 0.3 is 0 Å². The van der Waals surface area contributed by atoms with Crippen molar-refractivity contribution in [1.82, 2.24) is 15.1 Å². The summed E-state index contributed by atoms with van der Waals surface area (Å²) in [5.41, 5.74) is 4.03. The Morgan fingerprint density at radius 3 is 2.47 bits per heavy atom. The Balaban J connectivity index is 1.68.